The third-order valence-electron chi connectivity index (χ3n) is 3.07. The SMILES string of the molecule is Cc1cn2c(n1)C(C)(C)C(C(C)C#N)=C2. The smallest absolute Gasteiger partial charge is 0.122 e. The lowest BCUT2D eigenvalue weighted by Gasteiger charge is -2.22. The van der Waals surface area contributed by atoms with Gasteiger partial charge in [-0.1, -0.05) is 0 Å². The van der Waals surface area contributed by atoms with Gasteiger partial charge >= 0.3 is 0 Å². The van der Waals surface area contributed by atoms with Gasteiger partial charge in [0, 0.05) is 17.8 Å². The van der Waals surface area contributed by atoms with Gasteiger partial charge in [0.15, 0.2) is 0 Å². The Morgan fingerprint density at radius 1 is 1.53 bits per heavy atom. The molecule has 0 radical (unpaired) electrons. The first kappa shape index (κ1) is 9.97. The van der Waals surface area contributed by atoms with Gasteiger partial charge in [-0.05, 0) is 33.3 Å². The summed E-state index contributed by atoms with van der Waals surface area (Å²) in [7, 11) is 0. The van der Waals surface area contributed by atoms with Crippen LogP contribution in [0, 0.1) is 24.2 Å². The number of rotatable bonds is 1. The molecular weight excluding hydrogens is 186 g/mol. The van der Waals surface area contributed by atoms with E-state index in [0.29, 0.717) is 0 Å². The lowest BCUT2D eigenvalue weighted by molar-refractivity contribution is 0.556. The number of nitriles is 1. The zero-order chi connectivity index (χ0) is 11.2. The number of hydrogen-bond acceptors (Lipinski definition) is 2. The maximum absolute atomic E-state index is 8.98. The highest BCUT2D eigenvalue weighted by atomic mass is 15.1. The topological polar surface area (TPSA) is 41.6 Å². The minimum atomic E-state index is -0.122. The molecule has 0 amide bonds. The van der Waals surface area contributed by atoms with Crippen molar-refractivity contribution in [3.63, 3.8) is 0 Å². The molecular formula is C12H15N3. The third-order valence-corrected chi connectivity index (χ3v) is 3.07. The van der Waals surface area contributed by atoms with Crippen molar-refractivity contribution >= 4 is 6.20 Å². The summed E-state index contributed by atoms with van der Waals surface area (Å²) in [5.74, 6) is 0.985. The number of aromatic nitrogens is 2. The molecule has 0 fully saturated rings. The maximum atomic E-state index is 8.98. The monoisotopic (exact) mass is 201 g/mol. The van der Waals surface area contributed by atoms with Crippen LogP contribution < -0.4 is 0 Å². The van der Waals surface area contributed by atoms with Gasteiger partial charge < -0.3 is 4.57 Å². The van der Waals surface area contributed by atoms with Crippen LogP contribution in [0.4, 0.5) is 0 Å². The third kappa shape index (κ3) is 1.29. The molecule has 0 bridgehead atoms. The molecule has 15 heavy (non-hydrogen) atoms. The molecule has 0 saturated carbocycles. The van der Waals surface area contributed by atoms with E-state index in [-0.39, 0.29) is 11.3 Å². The van der Waals surface area contributed by atoms with E-state index in [9.17, 15) is 0 Å². The minimum absolute atomic E-state index is 0.0537. The Morgan fingerprint density at radius 3 is 2.73 bits per heavy atom. The van der Waals surface area contributed by atoms with E-state index in [1.54, 1.807) is 0 Å². The predicted octanol–water partition coefficient (Wildman–Crippen LogP) is 2.48. The predicted molar refractivity (Wildman–Crippen MR) is 59.0 cm³/mol. The largest absolute Gasteiger partial charge is 0.310 e. The zero-order valence-electron chi connectivity index (χ0n) is 9.57. The van der Waals surface area contributed by atoms with Crippen molar-refractivity contribution in [2.45, 2.75) is 33.1 Å². The van der Waals surface area contributed by atoms with E-state index in [2.05, 4.69) is 24.9 Å². The van der Waals surface area contributed by atoms with Crippen molar-refractivity contribution in [1.29, 1.82) is 5.26 Å². The summed E-state index contributed by atoms with van der Waals surface area (Å²) in [6.45, 7) is 8.17. The van der Waals surface area contributed by atoms with Crippen LogP contribution in [0.15, 0.2) is 11.8 Å². The van der Waals surface area contributed by atoms with Crippen molar-refractivity contribution in [3.05, 3.63) is 23.3 Å². The Hall–Kier alpha value is -1.56. The van der Waals surface area contributed by atoms with Gasteiger partial charge in [0.1, 0.15) is 5.82 Å². The summed E-state index contributed by atoms with van der Waals surface area (Å²) in [5.41, 5.74) is 2.05. The molecule has 1 aromatic rings. The minimum Gasteiger partial charge on any atom is -0.310 e. The Bertz CT molecular complexity index is 472. The number of fused-ring (bicyclic) bond motifs is 1. The molecule has 0 saturated heterocycles. The second-order valence-electron chi connectivity index (χ2n) is 4.67. The van der Waals surface area contributed by atoms with E-state index < -0.39 is 0 Å². The Balaban J connectivity index is 2.53. The number of nitrogens with zero attached hydrogens (tertiary/aromatic N) is 3. The maximum Gasteiger partial charge on any atom is 0.122 e. The fraction of sp³-hybridized carbons (Fsp3) is 0.500. The van der Waals surface area contributed by atoms with Crippen molar-refractivity contribution in [2.75, 3.05) is 0 Å². The molecule has 1 atom stereocenters. The molecule has 78 valence electrons. The molecule has 0 aromatic carbocycles. The summed E-state index contributed by atoms with van der Waals surface area (Å²) in [6, 6.07) is 2.29. The Kier molecular flexibility index (Phi) is 1.97. The molecule has 2 rings (SSSR count). The first-order chi connectivity index (χ1) is 6.96. The Labute approximate surface area is 90.1 Å². The lowest BCUT2D eigenvalue weighted by Crippen LogP contribution is -2.22. The van der Waals surface area contributed by atoms with Crippen LogP contribution in [0.25, 0.3) is 6.20 Å². The van der Waals surface area contributed by atoms with Gasteiger partial charge in [0.25, 0.3) is 0 Å². The molecule has 1 aliphatic heterocycles. The molecule has 0 spiro atoms. The highest BCUT2D eigenvalue weighted by molar-refractivity contribution is 5.51. The lowest BCUT2D eigenvalue weighted by atomic mass is 9.80. The zero-order valence-corrected chi connectivity index (χ0v) is 9.57. The van der Waals surface area contributed by atoms with E-state index >= 15 is 0 Å². The van der Waals surface area contributed by atoms with Crippen molar-refractivity contribution in [3.8, 4) is 6.07 Å². The molecule has 1 aromatic heterocycles. The number of allylic oxidation sites excluding steroid dienone is 1. The molecule has 1 unspecified atom stereocenters. The number of imidazole rings is 1. The van der Waals surface area contributed by atoms with Crippen LogP contribution in [0.3, 0.4) is 0 Å². The fourth-order valence-corrected chi connectivity index (χ4v) is 2.24. The average Bonchev–Trinajstić information content (AvgIpc) is 2.63. The summed E-state index contributed by atoms with van der Waals surface area (Å²) in [6.07, 6.45) is 4.05. The molecule has 3 heteroatoms. The van der Waals surface area contributed by atoms with E-state index in [1.807, 2.05) is 30.8 Å². The molecule has 0 aliphatic carbocycles. The van der Waals surface area contributed by atoms with Crippen LogP contribution in [-0.4, -0.2) is 9.55 Å². The summed E-state index contributed by atoms with van der Waals surface area (Å²) >= 11 is 0. The van der Waals surface area contributed by atoms with Crippen molar-refractivity contribution in [2.24, 2.45) is 5.92 Å². The second kappa shape index (κ2) is 2.96. The van der Waals surface area contributed by atoms with Crippen LogP contribution in [0.2, 0.25) is 0 Å². The highest BCUT2D eigenvalue weighted by Gasteiger charge is 2.37. The van der Waals surface area contributed by atoms with Crippen LogP contribution in [0.5, 0.6) is 0 Å². The van der Waals surface area contributed by atoms with Gasteiger partial charge in [0.2, 0.25) is 0 Å². The molecule has 1 aliphatic rings. The summed E-state index contributed by atoms with van der Waals surface area (Å²) in [4.78, 5) is 4.51. The van der Waals surface area contributed by atoms with Gasteiger partial charge in [-0.15, -0.1) is 0 Å². The van der Waals surface area contributed by atoms with Gasteiger partial charge in [-0.3, -0.25) is 0 Å². The quantitative estimate of drug-likeness (QED) is 0.700. The standard InChI is InChI=1S/C12H15N3/c1-8(5-13)10-7-15-6-9(2)14-11(15)12(10,3)4/h6-8H,1-4H3. The van der Waals surface area contributed by atoms with Crippen LogP contribution in [0.1, 0.15) is 32.3 Å². The van der Waals surface area contributed by atoms with Crippen molar-refractivity contribution in [1.82, 2.24) is 9.55 Å². The Morgan fingerprint density at radius 2 is 2.20 bits per heavy atom. The molecule has 3 nitrogen and oxygen atoms in total. The average molecular weight is 201 g/mol. The van der Waals surface area contributed by atoms with E-state index in [0.717, 1.165) is 17.1 Å². The molecule has 0 N–H and O–H groups in total. The second-order valence-corrected chi connectivity index (χ2v) is 4.67. The fourth-order valence-electron chi connectivity index (χ4n) is 2.24. The first-order valence-corrected chi connectivity index (χ1v) is 5.14. The number of hydrogen-bond donors (Lipinski definition) is 0. The highest BCUT2D eigenvalue weighted by Crippen LogP contribution is 2.40. The van der Waals surface area contributed by atoms with Crippen LogP contribution in [-0.2, 0) is 5.41 Å². The van der Waals surface area contributed by atoms with Crippen molar-refractivity contribution < 1.29 is 0 Å². The van der Waals surface area contributed by atoms with Gasteiger partial charge in [-0.2, -0.15) is 5.26 Å². The summed E-state index contributed by atoms with van der Waals surface area (Å²) < 4.78 is 2.04. The first-order valence-electron chi connectivity index (χ1n) is 5.14. The van der Waals surface area contributed by atoms with E-state index in [1.165, 1.54) is 0 Å². The van der Waals surface area contributed by atoms with Crippen LogP contribution >= 0.6 is 0 Å². The van der Waals surface area contributed by atoms with E-state index in [4.69, 9.17) is 5.26 Å². The van der Waals surface area contributed by atoms with Gasteiger partial charge in [-0.25, -0.2) is 4.98 Å². The summed E-state index contributed by atoms with van der Waals surface area (Å²) in [5, 5.41) is 8.98. The normalized spacial score (nSPS) is 19.3. The number of aryl methyl sites for hydroxylation is 1. The molecule has 2 heterocycles. The van der Waals surface area contributed by atoms with Gasteiger partial charge in [0.05, 0.1) is 17.7 Å².